The van der Waals surface area contributed by atoms with Crippen LogP contribution in [0.3, 0.4) is 0 Å². The van der Waals surface area contributed by atoms with Crippen LogP contribution in [-0.2, 0) is 9.53 Å². The molecule has 5 nitrogen and oxygen atoms in total. The van der Waals surface area contributed by atoms with Crippen LogP contribution in [0, 0.1) is 0 Å². The minimum Gasteiger partial charge on any atom is -0.480 e. The van der Waals surface area contributed by atoms with Crippen molar-refractivity contribution in [1.82, 2.24) is 0 Å². The maximum Gasteiger partial charge on any atom is 0.326 e. The Morgan fingerprint density at radius 1 is 1.35 bits per heavy atom. The fourth-order valence-corrected chi connectivity index (χ4v) is 2.34. The predicted octanol–water partition coefficient (Wildman–Crippen LogP) is 2.19. The molecule has 1 unspecified atom stereocenters. The number of carboxylic acid groups (broad SMARTS) is 1. The van der Waals surface area contributed by atoms with Gasteiger partial charge < -0.3 is 20.1 Å². The van der Waals surface area contributed by atoms with Crippen LogP contribution >= 0.6 is 0 Å². The zero-order valence-electron chi connectivity index (χ0n) is 11.8. The molecule has 0 bridgehead atoms. The predicted molar refractivity (Wildman–Crippen MR) is 79.4 cm³/mol. The van der Waals surface area contributed by atoms with E-state index in [0.29, 0.717) is 6.42 Å². The highest BCUT2D eigenvalue weighted by atomic mass is 16.5. The number of rotatable bonds is 6. The highest BCUT2D eigenvalue weighted by Crippen LogP contribution is 2.20. The molecule has 5 heteroatoms. The van der Waals surface area contributed by atoms with Crippen LogP contribution < -0.4 is 10.2 Å². The molecular weight excluding hydrogens is 256 g/mol. The summed E-state index contributed by atoms with van der Waals surface area (Å²) >= 11 is 0. The Morgan fingerprint density at radius 2 is 2.00 bits per heavy atom. The molecule has 1 aromatic carbocycles. The van der Waals surface area contributed by atoms with E-state index in [9.17, 15) is 4.79 Å². The summed E-state index contributed by atoms with van der Waals surface area (Å²) in [5.74, 6) is -0.802. The van der Waals surface area contributed by atoms with Gasteiger partial charge >= 0.3 is 5.97 Å². The van der Waals surface area contributed by atoms with Crippen LogP contribution in [-0.4, -0.2) is 43.4 Å². The molecule has 0 amide bonds. The molecule has 1 heterocycles. The summed E-state index contributed by atoms with van der Waals surface area (Å²) in [6.07, 6.45) is 1.47. The van der Waals surface area contributed by atoms with Gasteiger partial charge in [-0.1, -0.05) is 13.3 Å². The SMILES string of the molecule is CCCC(Nc1ccc(N2CCOCC2)cc1)C(=O)O. The van der Waals surface area contributed by atoms with Gasteiger partial charge in [0.15, 0.2) is 0 Å². The van der Waals surface area contributed by atoms with Crippen molar-refractivity contribution in [3.05, 3.63) is 24.3 Å². The third-order valence-electron chi connectivity index (χ3n) is 3.46. The van der Waals surface area contributed by atoms with Crippen LogP contribution in [0.5, 0.6) is 0 Å². The average molecular weight is 278 g/mol. The van der Waals surface area contributed by atoms with E-state index in [1.807, 2.05) is 31.2 Å². The summed E-state index contributed by atoms with van der Waals surface area (Å²) in [6.45, 7) is 5.31. The molecule has 1 aliphatic heterocycles. The molecule has 110 valence electrons. The summed E-state index contributed by atoms with van der Waals surface area (Å²) in [5, 5.41) is 12.2. The van der Waals surface area contributed by atoms with E-state index in [1.54, 1.807) is 0 Å². The maximum absolute atomic E-state index is 11.1. The molecule has 1 aromatic rings. The van der Waals surface area contributed by atoms with Crippen molar-refractivity contribution in [3.63, 3.8) is 0 Å². The molecule has 2 rings (SSSR count). The summed E-state index contributed by atoms with van der Waals surface area (Å²) in [7, 11) is 0. The standard InChI is InChI=1S/C15H22N2O3/c1-2-3-14(15(18)19)16-12-4-6-13(7-5-12)17-8-10-20-11-9-17/h4-7,14,16H,2-3,8-11H2,1H3,(H,18,19). The topological polar surface area (TPSA) is 61.8 Å². The Balaban J connectivity index is 1.98. The fourth-order valence-electron chi connectivity index (χ4n) is 2.34. The average Bonchev–Trinajstić information content (AvgIpc) is 2.48. The molecule has 2 N–H and O–H groups in total. The van der Waals surface area contributed by atoms with Crippen molar-refractivity contribution in [2.75, 3.05) is 36.5 Å². The maximum atomic E-state index is 11.1. The first-order valence-corrected chi connectivity index (χ1v) is 7.13. The van der Waals surface area contributed by atoms with Crippen LogP contribution in [0.4, 0.5) is 11.4 Å². The molecule has 0 spiro atoms. The van der Waals surface area contributed by atoms with Gasteiger partial charge in [0, 0.05) is 24.5 Å². The number of aliphatic carboxylic acids is 1. The second kappa shape index (κ2) is 7.14. The molecule has 1 fully saturated rings. The molecule has 0 aromatic heterocycles. The van der Waals surface area contributed by atoms with E-state index in [-0.39, 0.29) is 0 Å². The highest BCUT2D eigenvalue weighted by molar-refractivity contribution is 5.77. The Bertz CT molecular complexity index is 427. The van der Waals surface area contributed by atoms with Gasteiger partial charge in [-0.15, -0.1) is 0 Å². The van der Waals surface area contributed by atoms with E-state index >= 15 is 0 Å². The second-order valence-corrected chi connectivity index (χ2v) is 4.97. The summed E-state index contributed by atoms with van der Waals surface area (Å²) in [6, 6.07) is 7.42. The number of ether oxygens (including phenoxy) is 1. The van der Waals surface area contributed by atoms with Crippen LogP contribution in [0.1, 0.15) is 19.8 Å². The molecule has 0 aliphatic carbocycles. The fraction of sp³-hybridized carbons (Fsp3) is 0.533. The zero-order valence-corrected chi connectivity index (χ0v) is 11.8. The molecule has 0 saturated carbocycles. The van der Waals surface area contributed by atoms with Gasteiger partial charge in [0.05, 0.1) is 13.2 Å². The Hall–Kier alpha value is -1.75. The lowest BCUT2D eigenvalue weighted by molar-refractivity contribution is -0.138. The van der Waals surface area contributed by atoms with Crippen molar-refractivity contribution >= 4 is 17.3 Å². The quantitative estimate of drug-likeness (QED) is 0.835. The zero-order chi connectivity index (χ0) is 14.4. The van der Waals surface area contributed by atoms with Gasteiger partial charge in [-0.25, -0.2) is 4.79 Å². The van der Waals surface area contributed by atoms with Gasteiger partial charge in [-0.05, 0) is 30.7 Å². The van der Waals surface area contributed by atoms with Gasteiger partial charge in [0.1, 0.15) is 6.04 Å². The summed E-state index contributed by atoms with van der Waals surface area (Å²) < 4.78 is 5.33. The lowest BCUT2D eigenvalue weighted by Gasteiger charge is -2.29. The molecule has 1 atom stereocenters. The number of hydrogen-bond acceptors (Lipinski definition) is 4. The second-order valence-electron chi connectivity index (χ2n) is 4.97. The summed E-state index contributed by atoms with van der Waals surface area (Å²) in [4.78, 5) is 13.4. The highest BCUT2D eigenvalue weighted by Gasteiger charge is 2.16. The number of carboxylic acids is 1. The minimum absolute atomic E-state index is 0.519. The van der Waals surface area contributed by atoms with E-state index < -0.39 is 12.0 Å². The first kappa shape index (κ1) is 14.7. The number of nitrogens with one attached hydrogen (secondary N) is 1. The van der Waals surface area contributed by atoms with Crippen LogP contribution in [0.15, 0.2) is 24.3 Å². The van der Waals surface area contributed by atoms with E-state index in [2.05, 4.69) is 10.2 Å². The van der Waals surface area contributed by atoms with Gasteiger partial charge in [0.2, 0.25) is 0 Å². The Labute approximate surface area is 119 Å². The molecular formula is C15H22N2O3. The lowest BCUT2D eigenvalue weighted by Crippen LogP contribution is -2.36. The number of hydrogen-bond donors (Lipinski definition) is 2. The first-order valence-electron chi connectivity index (χ1n) is 7.13. The summed E-state index contributed by atoms with van der Waals surface area (Å²) in [5.41, 5.74) is 2.00. The molecule has 1 aliphatic rings. The number of carbonyl (C=O) groups is 1. The molecule has 0 radical (unpaired) electrons. The van der Waals surface area contributed by atoms with Gasteiger partial charge in [0.25, 0.3) is 0 Å². The van der Waals surface area contributed by atoms with Crippen molar-refractivity contribution in [1.29, 1.82) is 0 Å². The Kier molecular flexibility index (Phi) is 5.24. The van der Waals surface area contributed by atoms with Crippen molar-refractivity contribution in [2.24, 2.45) is 0 Å². The normalized spacial score (nSPS) is 16.8. The largest absolute Gasteiger partial charge is 0.480 e. The third-order valence-corrected chi connectivity index (χ3v) is 3.46. The van der Waals surface area contributed by atoms with Crippen molar-refractivity contribution in [3.8, 4) is 0 Å². The van der Waals surface area contributed by atoms with Gasteiger partial charge in [-0.3, -0.25) is 0 Å². The molecule has 20 heavy (non-hydrogen) atoms. The van der Waals surface area contributed by atoms with E-state index in [4.69, 9.17) is 9.84 Å². The number of anilines is 2. The molecule has 1 saturated heterocycles. The third kappa shape index (κ3) is 3.87. The van der Waals surface area contributed by atoms with Crippen LogP contribution in [0.2, 0.25) is 0 Å². The number of morpholine rings is 1. The number of nitrogens with zero attached hydrogens (tertiary/aromatic N) is 1. The van der Waals surface area contributed by atoms with Crippen molar-refractivity contribution < 1.29 is 14.6 Å². The van der Waals surface area contributed by atoms with Crippen molar-refractivity contribution in [2.45, 2.75) is 25.8 Å². The van der Waals surface area contributed by atoms with E-state index in [1.165, 1.54) is 0 Å². The lowest BCUT2D eigenvalue weighted by atomic mass is 10.1. The smallest absolute Gasteiger partial charge is 0.326 e. The Morgan fingerprint density at radius 3 is 2.55 bits per heavy atom. The van der Waals surface area contributed by atoms with Crippen LogP contribution in [0.25, 0.3) is 0 Å². The van der Waals surface area contributed by atoms with Gasteiger partial charge in [-0.2, -0.15) is 0 Å². The monoisotopic (exact) mass is 278 g/mol. The first-order chi connectivity index (χ1) is 9.70. The van der Waals surface area contributed by atoms with E-state index in [0.717, 1.165) is 44.1 Å². The number of benzene rings is 1. The minimum atomic E-state index is -0.802.